The van der Waals surface area contributed by atoms with Crippen LogP contribution in [0.4, 0.5) is 0 Å². The first kappa shape index (κ1) is 16.4. The van der Waals surface area contributed by atoms with Gasteiger partial charge in [0.25, 0.3) is 0 Å². The summed E-state index contributed by atoms with van der Waals surface area (Å²) in [7, 11) is 1.62. The Hall–Kier alpha value is -0.622. The summed E-state index contributed by atoms with van der Waals surface area (Å²) >= 11 is 0. The number of ether oxygens (including phenoxy) is 1. The van der Waals surface area contributed by atoms with Gasteiger partial charge < -0.3 is 11.7 Å². The molecule has 0 saturated heterocycles. The Morgan fingerprint density at radius 2 is 1.82 bits per heavy atom. The Labute approximate surface area is 118 Å². The summed E-state index contributed by atoms with van der Waals surface area (Å²) in [6.07, 6.45) is 4.74. The number of carbonyl (C=O) groups excluding carboxylic acids is 1. The van der Waals surface area contributed by atoms with Crippen molar-refractivity contribution in [1.29, 1.82) is 0 Å². The van der Waals surface area contributed by atoms with E-state index in [0.29, 0.717) is 6.42 Å². The average Bonchev–Trinajstić information content (AvgIpc) is 2.34. The van der Waals surface area contributed by atoms with Crippen LogP contribution in [0.1, 0.15) is 42.5 Å². The molecule has 17 heavy (non-hydrogen) atoms. The molecule has 1 aromatic rings. The number of hydrogen-bond donors (Lipinski definition) is 0. The van der Waals surface area contributed by atoms with Crippen LogP contribution >= 0.6 is 0 Å². The van der Waals surface area contributed by atoms with Gasteiger partial charge in [0.1, 0.15) is 5.75 Å². The van der Waals surface area contributed by atoms with Crippen LogP contribution in [0.5, 0.6) is 5.75 Å². The van der Waals surface area contributed by atoms with E-state index in [1.54, 1.807) is 7.11 Å². The molecule has 0 aromatic heterocycles. The number of methoxy groups -OCH3 is 1. The van der Waals surface area contributed by atoms with Crippen molar-refractivity contribution < 1.29 is 30.6 Å². The number of hydrogen-bond acceptors (Lipinski definition) is 2. The van der Waals surface area contributed by atoms with Gasteiger partial charge in [-0.15, -0.1) is 0 Å². The molecular formula is C14H19O2W-. The maximum absolute atomic E-state index is 11.8. The number of Topliss-reactive ketones (excluding diaryl/α,β-unsaturated/α-hetero) is 1. The van der Waals surface area contributed by atoms with Crippen molar-refractivity contribution in [2.75, 3.05) is 7.11 Å². The molecule has 0 aliphatic heterocycles. The fraction of sp³-hybridized carbons (Fsp3) is 0.429. The predicted octanol–water partition coefficient (Wildman–Crippen LogP) is 3.66. The van der Waals surface area contributed by atoms with Gasteiger partial charge in [0.05, 0.1) is 7.11 Å². The molecule has 3 heteroatoms. The van der Waals surface area contributed by atoms with Crippen molar-refractivity contribution >= 4 is 5.78 Å². The minimum Gasteiger partial charge on any atom is -0.497 e. The molecule has 94 valence electrons. The first-order valence-corrected chi connectivity index (χ1v) is 5.74. The van der Waals surface area contributed by atoms with Crippen LogP contribution in [-0.2, 0) is 21.1 Å². The number of rotatable bonds is 7. The fourth-order valence-corrected chi connectivity index (χ4v) is 1.56. The normalized spacial score (nSPS) is 9.53. The van der Waals surface area contributed by atoms with Gasteiger partial charge in [0.2, 0.25) is 0 Å². The Bertz CT molecular complexity index is 319. The monoisotopic (exact) mass is 403 g/mol. The summed E-state index contributed by atoms with van der Waals surface area (Å²) in [5.41, 5.74) is 0.774. The number of benzene rings is 1. The van der Waals surface area contributed by atoms with Crippen molar-refractivity contribution in [2.24, 2.45) is 0 Å². The van der Waals surface area contributed by atoms with Crippen LogP contribution < -0.4 is 4.74 Å². The molecule has 0 spiro atoms. The second-order valence-corrected chi connectivity index (χ2v) is 3.82. The van der Waals surface area contributed by atoms with E-state index in [1.165, 1.54) is 0 Å². The van der Waals surface area contributed by atoms with Crippen LogP contribution in [0.15, 0.2) is 24.3 Å². The van der Waals surface area contributed by atoms with Gasteiger partial charge in [-0.1, -0.05) is 12.8 Å². The summed E-state index contributed by atoms with van der Waals surface area (Å²) in [5, 5.41) is 0. The second kappa shape index (κ2) is 9.41. The maximum Gasteiger partial charge on any atom is 0.162 e. The van der Waals surface area contributed by atoms with E-state index in [2.05, 4.69) is 6.92 Å². The summed E-state index contributed by atoms with van der Waals surface area (Å²) in [6, 6.07) is 7.29. The Kier molecular flexibility index (Phi) is 9.07. The zero-order valence-electron chi connectivity index (χ0n) is 10.3. The first-order valence-electron chi connectivity index (χ1n) is 5.74. The third-order valence-corrected chi connectivity index (χ3v) is 2.57. The van der Waals surface area contributed by atoms with Gasteiger partial charge in [-0.3, -0.25) is 4.79 Å². The van der Waals surface area contributed by atoms with Crippen LogP contribution in [0, 0.1) is 6.92 Å². The van der Waals surface area contributed by atoms with E-state index in [1.807, 2.05) is 24.3 Å². The van der Waals surface area contributed by atoms with E-state index < -0.39 is 0 Å². The zero-order chi connectivity index (χ0) is 11.8. The summed E-state index contributed by atoms with van der Waals surface area (Å²) in [4.78, 5) is 11.8. The minimum atomic E-state index is 0. The first-order chi connectivity index (χ1) is 7.77. The molecule has 0 bridgehead atoms. The molecule has 1 rings (SSSR count). The van der Waals surface area contributed by atoms with E-state index >= 15 is 0 Å². The molecule has 0 amide bonds. The van der Waals surface area contributed by atoms with E-state index in [0.717, 1.165) is 37.0 Å². The van der Waals surface area contributed by atoms with Crippen molar-refractivity contribution in [3.05, 3.63) is 36.8 Å². The predicted molar refractivity (Wildman–Crippen MR) is 65.8 cm³/mol. The second-order valence-electron chi connectivity index (χ2n) is 3.82. The topological polar surface area (TPSA) is 26.3 Å². The van der Waals surface area contributed by atoms with Crippen LogP contribution in [0.2, 0.25) is 0 Å². The molecule has 0 radical (unpaired) electrons. The quantitative estimate of drug-likeness (QED) is 0.395. The molecule has 0 N–H and O–H groups in total. The molecule has 0 fully saturated rings. The van der Waals surface area contributed by atoms with E-state index in [-0.39, 0.29) is 26.8 Å². The largest absolute Gasteiger partial charge is 0.497 e. The number of carbonyl (C=O) groups is 1. The SMILES string of the molecule is [CH2-]CCCCCC(=O)c1ccc(OC)cc1.[W]. The van der Waals surface area contributed by atoms with Crippen LogP contribution in [-0.4, -0.2) is 12.9 Å². The zero-order valence-corrected chi connectivity index (χ0v) is 13.2. The number of ketones is 1. The summed E-state index contributed by atoms with van der Waals surface area (Å²) < 4.78 is 5.04. The molecule has 0 heterocycles. The Balaban J connectivity index is 0.00000256. The third-order valence-electron chi connectivity index (χ3n) is 2.57. The maximum atomic E-state index is 11.8. The number of unbranched alkanes of at least 4 members (excludes halogenated alkanes) is 3. The smallest absolute Gasteiger partial charge is 0.162 e. The molecular weight excluding hydrogens is 384 g/mol. The summed E-state index contributed by atoms with van der Waals surface area (Å²) in [6.45, 7) is 3.78. The average molecular weight is 403 g/mol. The molecule has 0 atom stereocenters. The Morgan fingerprint density at radius 1 is 1.18 bits per heavy atom. The molecule has 0 unspecified atom stereocenters. The molecule has 0 aliphatic rings. The van der Waals surface area contributed by atoms with Gasteiger partial charge in [-0.25, -0.2) is 0 Å². The van der Waals surface area contributed by atoms with Crippen LogP contribution in [0.3, 0.4) is 0 Å². The van der Waals surface area contributed by atoms with Gasteiger partial charge in [-0.05, 0) is 30.7 Å². The van der Waals surface area contributed by atoms with Crippen molar-refractivity contribution in [3.8, 4) is 5.75 Å². The van der Waals surface area contributed by atoms with Crippen molar-refractivity contribution in [2.45, 2.75) is 32.1 Å². The van der Waals surface area contributed by atoms with Gasteiger partial charge in [0, 0.05) is 33.0 Å². The third kappa shape index (κ3) is 6.02. The summed E-state index contributed by atoms with van der Waals surface area (Å²) in [5.74, 6) is 1.00. The molecule has 2 nitrogen and oxygen atoms in total. The van der Waals surface area contributed by atoms with Crippen molar-refractivity contribution in [1.82, 2.24) is 0 Å². The standard InChI is InChI=1S/C14H19O2.W/c1-3-4-5-6-7-14(15)12-8-10-13(16-2)11-9-12;/h8-11H,1,3-7H2,2H3;/q-1;. The fourth-order valence-electron chi connectivity index (χ4n) is 1.56. The van der Waals surface area contributed by atoms with E-state index in [4.69, 9.17) is 4.74 Å². The van der Waals surface area contributed by atoms with Crippen molar-refractivity contribution in [3.63, 3.8) is 0 Å². The van der Waals surface area contributed by atoms with Gasteiger partial charge >= 0.3 is 0 Å². The Morgan fingerprint density at radius 3 is 2.35 bits per heavy atom. The molecule has 0 saturated carbocycles. The van der Waals surface area contributed by atoms with Gasteiger partial charge in [0.15, 0.2) is 5.78 Å². The minimum absolute atomic E-state index is 0. The molecule has 1 aromatic carbocycles. The van der Waals surface area contributed by atoms with E-state index in [9.17, 15) is 4.79 Å². The molecule has 0 aliphatic carbocycles. The van der Waals surface area contributed by atoms with Gasteiger partial charge in [-0.2, -0.15) is 6.42 Å². The van der Waals surface area contributed by atoms with Crippen LogP contribution in [0.25, 0.3) is 0 Å².